The molecule has 0 saturated carbocycles. The highest BCUT2D eigenvalue weighted by molar-refractivity contribution is 7.03. The molecule has 0 unspecified atom stereocenters. The maximum absolute atomic E-state index is 5.74. The Morgan fingerprint density at radius 1 is 1.31 bits per heavy atom. The molecule has 0 aliphatic heterocycles. The number of aryl methyl sites for hydroxylation is 1. The maximum atomic E-state index is 5.74. The van der Waals surface area contributed by atoms with Crippen molar-refractivity contribution in [1.29, 1.82) is 0 Å². The molecular weight excluding hydrogens is 220 g/mol. The Kier molecular flexibility index (Phi) is 3.88. The average Bonchev–Trinajstić information content (AvgIpc) is 2.81. The molecule has 2 aromatic rings. The van der Waals surface area contributed by atoms with Gasteiger partial charge in [0.25, 0.3) is 0 Å². The Morgan fingerprint density at radius 2 is 2.19 bits per heavy atom. The summed E-state index contributed by atoms with van der Waals surface area (Å²) in [4.78, 5) is 0. The van der Waals surface area contributed by atoms with Crippen LogP contribution in [-0.4, -0.2) is 9.59 Å². The first kappa shape index (κ1) is 11.1. The van der Waals surface area contributed by atoms with Crippen molar-refractivity contribution in [3.63, 3.8) is 0 Å². The number of hydrogen-bond acceptors (Lipinski definition) is 4. The quantitative estimate of drug-likeness (QED) is 0.797. The van der Waals surface area contributed by atoms with Gasteiger partial charge in [-0.25, -0.2) is 0 Å². The minimum absolute atomic E-state index is 0.497. The normalized spacial score (nSPS) is 10.3. The third-order valence-corrected chi connectivity index (χ3v) is 2.83. The lowest BCUT2D eigenvalue weighted by Gasteiger charge is -2.09. The highest BCUT2D eigenvalue weighted by atomic mass is 32.1. The molecule has 4 heteroatoms. The number of hydrogen-bond donors (Lipinski definition) is 0. The Labute approximate surface area is 99.3 Å². The first-order valence-electron chi connectivity index (χ1n) is 5.36. The zero-order valence-corrected chi connectivity index (χ0v) is 10.0. The number of benzene rings is 1. The largest absolute Gasteiger partial charge is 0.487 e. The van der Waals surface area contributed by atoms with Crippen LogP contribution in [0, 0.1) is 0 Å². The predicted octanol–water partition coefficient (Wildman–Crippen LogP) is 3.07. The van der Waals surface area contributed by atoms with Gasteiger partial charge in [-0.1, -0.05) is 36.0 Å². The van der Waals surface area contributed by atoms with Gasteiger partial charge >= 0.3 is 0 Å². The van der Waals surface area contributed by atoms with E-state index in [2.05, 4.69) is 22.6 Å². The van der Waals surface area contributed by atoms with Gasteiger partial charge in [-0.2, -0.15) is 0 Å². The predicted molar refractivity (Wildman–Crippen MR) is 64.7 cm³/mol. The summed E-state index contributed by atoms with van der Waals surface area (Å²) in [5.74, 6) is 0.956. The molecule has 1 heterocycles. The van der Waals surface area contributed by atoms with Crippen molar-refractivity contribution in [1.82, 2.24) is 9.59 Å². The monoisotopic (exact) mass is 234 g/mol. The Bertz CT molecular complexity index is 428. The summed E-state index contributed by atoms with van der Waals surface area (Å²) in [7, 11) is 0. The van der Waals surface area contributed by atoms with Gasteiger partial charge in [0, 0.05) is 5.38 Å². The van der Waals surface area contributed by atoms with Crippen molar-refractivity contribution in [3.05, 3.63) is 40.9 Å². The third kappa shape index (κ3) is 2.79. The average molecular weight is 234 g/mol. The molecule has 1 aromatic heterocycles. The summed E-state index contributed by atoms with van der Waals surface area (Å²) in [5, 5.41) is 5.86. The van der Waals surface area contributed by atoms with E-state index >= 15 is 0 Å². The summed E-state index contributed by atoms with van der Waals surface area (Å²) in [6, 6.07) is 8.15. The zero-order valence-electron chi connectivity index (χ0n) is 9.22. The molecule has 0 fully saturated rings. The second kappa shape index (κ2) is 5.61. The van der Waals surface area contributed by atoms with Gasteiger partial charge in [-0.05, 0) is 29.6 Å². The van der Waals surface area contributed by atoms with Crippen molar-refractivity contribution < 1.29 is 4.74 Å². The van der Waals surface area contributed by atoms with E-state index in [1.54, 1.807) is 0 Å². The van der Waals surface area contributed by atoms with Gasteiger partial charge in [0.1, 0.15) is 18.1 Å². The number of rotatable bonds is 5. The van der Waals surface area contributed by atoms with Crippen molar-refractivity contribution in [3.8, 4) is 5.75 Å². The molecule has 0 spiro atoms. The fourth-order valence-electron chi connectivity index (χ4n) is 1.52. The Balaban J connectivity index is 2.03. The minimum atomic E-state index is 0.497. The molecule has 2 rings (SSSR count). The van der Waals surface area contributed by atoms with Crippen LogP contribution in [0.2, 0.25) is 0 Å². The molecule has 0 N–H and O–H groups in total. The van der Waals surface area contributed by atoms with Crippen LogP contribution in [0.25, 0.3) is 0 Å². The van der Waals surface area contributed by atoms with E-state index in [9.17, 15) is 0 Å². The van der Waals surface area contributed by atoms with Crippen molar-refractivity contribution >= 4 is 11.5 Å². The van der Waals surface area contributed by atoms with Crippen LogP contribution in [0.3, 0.4) is 0 Å². The lowest BCUT2D eigenvalue weighted by atomic mass is 10.1. The fourth-order valence-corrected chi connectivity index (χ4v) is 1.96. The number of ether oxygens (including phenoxy) is 1. The van der Waals surface area contributed by atoms with Crippen molar-refractivity contribution in [2.24, 2.45) is 0 Å². The van der Waals surface area contributed by atoms with Crippen LogP contribution in [0.1, 0.15) is 24.6 Å². The lowest BCUT2D eigenvalue weighted by Crippen LogP contribution is -1.98. The van der Waals surface area contributed by atoms with E-state index in [1.807, 2.05) is 23.6 Å². The molecule has 3 nitrogen and oxygen atoms in total. The van der Waals surface area contributed by atoms with Gasteiger partial charge in [0.2, 0.25) is 0 Å². The van der Waals surface area contributed by atoms with Gasteiger partial charge < -0.3 is 4.74 Å². The third-order valence-electron chi connectivity index (χ3n) is 2.27. The van der Waals surface area contributed by atoms with Crippen LogP contribution >= 0.6 is 11.5 Å². The zero-order chi connectivity index (χ0) is 11.2. The number of para-hydroxylation sites is 1. The summed E-state index contributed by atoms with van der Waals surface area (Å²) in [6.07, 6.45) is 2.17. The molecule has 1 aromatic carbocycles. The van der Waals surface area contributed by atoms with Gasteiger partial charge in [-0.15, -0.1) is 5.10 Å². The van der Waals surface area contributed by atoms with E-state index in [1.165, 1.54) is 17.1 Å². The van der Waals surface area contributed by atoms with E-state index in [0.717, 1.165) is 24.3 Å². The molecule has 0 bridgehead atoms. The summed E-state index contributed by atoms with van der Waals surface area (Å²) < 4.78 is 9.54. The summed E-state index contributed by atoms with van der Waals surface area (Å²) >= 11 is 1.35. The first-order chi connectivity index (χ1) is 7.90. The summed E-state index contributed by atoms with van der Waals surface area (Å²) in [5.41, 5.74) is 2.14. The van der Waals surface area contributed by atoms with Gasteiger partial charge in [0.05, 0.1) is 0 Å². The fraction of sp³-hybridized carbons (Fsp3) is 0.333. The van der Waals surface area contributed by atoms with Crippen molar-refractivity contribution in [2.75, 3.05) is 0 Å². The highest BCUT2D eigenvalue weighted by Crippen LogP contribution is 2.20. The lowest BCUT2D eigenvalue weighted by molar-refractivity contribution is 0.298. The molecule has 0 saturated heterocycles. The summed E-state index contributed by atoms with van der Waals surface area (Å²) in [6.45, 7) is 2.67. The highest BCUT2D eigenvalue weighted by Gasteiger charge is 2.03. The standard InChI is InChI=1S/C12H14N2OS/c1-2-5-10-6-3-4-7-12(10)15-8-11-9-16-14-13-11/h3-4,6-7,9H,2,5,8H2,1H3. The van der Waals surface area contributed by atoms with Crippen molar-refractivity contribution in [2.45, 2.75) is 26.4 Å². The van der Waals surface area contributed by atoms with Crippen LogP contribution in [0.5, 0.6) is 5.75 Å². The Morgan fingerprint density at radius 3 is 2.94 bits per heavy atom. The van der Waals surface area contributed by atoms with E-state index in [0.29, 0.717) is 6.61 Å². The molecule has 0 atom stereocenters. The smallest absolute Gasteiger partial charge is 0.133 e. The molecular formula is C12H14N2OS. The first-order valence-corrected chi connectivity index (χ1v) is 6.20. The van der Waals surface area contributed by atoms with Crippen LogP contribution in [-0.2, 0) is 13.0 Å². The SMILES string of the molecule is CCCc1ccccc1OCc1csnn1. The van der Waals surface area contributed by atoms with Crippen LogP contribution in [0.15, 0.2) is 29.6 Å². The molecule has 0 amide bonds. The molecule has 0 radical (unpaired) electrons. The van der Waals surface area contributed by atoms with E-state index < -0.39 is 0 Å². The minimum Gasteiger partial charge on any atom is -0.487 e. The number of nitrogens with zero attached hydrogens (tertiary/aromatic N) is 2. The van der Waals surface area contributed by atoms with Crippen LogP contribution in [0.4, 0.5) is 0 Å². The molecule has 0 aliphatic rings. The maximum Gasteiger partial charge on any atom is 0.133 e. The van der Waals surface area contributed by atoms with E-state index in [4.69, 9.17) is 4.74 Å². The Hall–Kier alpha value is -1.42. The second-order valence-electron chi connectivity index (χ2n) is 3.54. The molecule has 0 aliphatic carbocycles. The number of aromatic nitrogens is 2. The van der Waals surface area contributed by atoms with Crippen LogP contribution < -0.4 is 4.74 Å². The molecule has 16 heavy (non-hydrogen) atoms. The van der Waals surface area contributed by atoms with E-state index in [-0.39, 0.29) is 0 Å². The molecule has 84 valence electrons. The van der Waals surface area contributed by atoms with Gasteiger partial charge in [-0.3, -0.25) is 0 Å². The van der Waals surface area contributed by atoms with Gasteiger partial charge in [0.15, 0.2) is 0 Å². The second-order valence-corrected chi connectivity index (χ2v) is 4.15. The topological polar surface area (TPSA) is 35.0 Å².